The highest BCUT2D eigenvalue weighted by Crippen LogP contribution is 2.23. The van der Waals surface area contributed by atoms with E-state index in [9.17, 15) is 0 Å². The number of nitrogens with zero attached hydrogens (tertiary/aromatic N) is 2. The van der Waals surface area contributed by atoms with Crippen LogP contribution in [0.1, 0.15) is 35.5 Å². The number of aromatic nitrogens is 2. The second-order valence-corrected chi connectivity index (χ2v) is 4.96. The predicted molar refractivity (Wildman–Crippen MR) is 79.3 cm³/mol. The molecule has 1 atom stereocenters. The van der Waals surface area contributed by atoms with Gasteiger partial charge in [0.1, 0.15) is 5.82 Å². The Morgan fingerprint density at radius 3 is 2.79 bits per heavy atom. The summed E-state index contributed by atoms with van der Waals surface area (Å²) in [6, 6.07) is 6.82. The van der Waals surface area contributed by atoms with E-state index < -0.39 is 0 Å². The quantitative estimate of drug-likeness (QED) is 0.892. The molecule has 0 bridgehead atoms. The number of hydrogen-bond acceptors (Lipinski definition) is 2. The lowest BCUT2D eigenvalue weighted by atomic mass is 9.95. The fraction of sp³-hybridized carbons (Fsp3) is 0.438. The molecule has 0 aliphatic carbocycles. The highest BCUT2D eigenvalue weighted by Gasteiger charge is 2.15. The van der Waals surface area contributed by atoms with Gasteiger partial charge in [-0.2, -0.15) is 0 Å². The van der Waals surface area contributed by atoms with E-state index in [1.165, 1.54) is 16.7 Å². The minimum atomic E-state index is 0.313. The highest BCUT2D eigenvalue weighted by molar-refractivity contribution is 5.35. The maximum absolute atomic E-state index is 4.48. The predicted octanol–water partition coefficient (Wildman–Crippen LogP) is 3.02. The maximum atomic E-state index is 4.48. The molecular weight excluding hydrogens is 234 g/mol. The maximum Gasteiger partial charge on any atom is 0.110 e. The third-order valence-corrected chi connectivity index (χ3v) is 3.90. The lowest BCUT2D eigenvalue weighted by Crippen LogP contribution is -2.22. The monoisotopic (exact) mass is 257 g/mol. The van der Waals surface area contributed by atoms with E-state index in [1.54, 1.807) is 0 Å². The summed E-state index contributed by atoms with van der Waals surface area (Å²) in [4.78, 5) is 4.48. The molecule has 0 spiro atoms. The molecule has 3 heteroatoms. The van der Waals surface area contributed by atoms with Gasteiger partial charge in [-0.05, 0) is 44.5 Å². The molecule has 0 fully saturated rings. The molecule has 0 aliphatic heterocycles. The van der Waals surface area contributed by atoms with Crippen LogP contribution in [0, 0.1) is 13.8 Å². The summed E-state index contributed by atoms with van der Waals surface area (Å²) in [5.74, 6) is 1.14. The zero-order valence-corrected chi connectivity index (χ0v) is 12.3. The fourth-order valence-electron chi connectivity index (χ4n) is 2.52. The standard InChI is InChI=1S/C16H23N3/c1-5-19-10-9-18-16(19)11-15(17-4)14-8-6-7-12(2)13(14)3/h6-10,15,17H,5,11H2,1-4H3. The second-order valence-electron chi connectivity index (χ2n) is 4.96. The van der Waals surface area contributed by atoms with Crippen molar-refractivity contribution in [3.63, 3.8) is 0 Å². The molecule has 0 aliphatic rings. The number of nitrogens with one attached hydrogen (secondary N) is 1. The lowest BCUT2D eigenvalue weighted by Gasteiger charge is -2.20. The first-order valence-electron chi connectivity index (χ1n) is 6.90. The van der Waals surface area contributed by atoms with Crippen LogP contribution in [-0.2, 0) is 13.0 Å². The average molecular weight is 257 g/mol. The van der Waals surface area contributed by atoms with Gasteiger partial charge in [0.2, 0.25) is 0 Å². The molecule has 1 aromatic carbocycles. The van der Waals surface area contributed by atoms with Crippen molar-refractivity contribution in [2.45, 2.75) is 39.8 Å². The van der Waals surface area contributed by atoms with Crippen molar-refractivity contribution in [3.8, 4) is 0 Å². The van der Waals surface area contributed by atoms with Crippen molar-refractivity contribution in [2.75, 3.05) is 7.05 Å². The zero-order valence-electron chi connectivity index (χ0n) is 12.3. The Bertz CT molecular complexity index is 543. The molecule has 0 radical (unpaired) electrons. The van der Waals surface area contributed by atoms with E-state index in [0.717, 1.165) is 18.8 Å². The molecule has 3 nitrogen and oxygen atoms in total. The van der Waals surface area contributed by atoms with Crippen molar-refractivity contribution in [2.24, 2.45) is 0 Å². The zero-order chi connectivity index (χ0) is 13.8. The summed E-state index contributed by atoms with van der Waals surface area (Å²) >= 11 is 0. The van der Waals surface area contributed by atoms with Crippen LogP contribution in [0.5, 0.6) is 0 Å². The molecule has 1 N–H and O–H groups in total. The number of rotatable bonds is 5. The lowest BCUT2D eigenvalue weighted by molar-refractivity contribution is 0.550. The van der Waals surface area contributed by atoms with Crippen LogP contribution < -0.4 is 5.32 Å². The van der Waals surface area contributed by atoms with Crippen LogP contribution >= 0.6 is 0 Å². The van der Waals surface area contributed by atoms with E-state index in [0.29, 0.717) is 6.04 Å². The summed E-state index contributed by atoms with van der Waals surface area (Å²) in [6.07, 6.45) is 4.85. The molecule has 2 rings (SSSR count). The molecule has 0 saturated heterocycles. The van der Waals surface area contributed by atoms with E-state index >= 15 is 0 Å². The van der Waals surface area contributed by atoms with E-state index in [-0.39, 0.29) is 0 Å². The topological polar surface area (TPSA) is 29.9 Å². The number of imidazole rings is 1. The van der Waals surface area contributed by atoms with E-state index in [2.05, 4.69) is 53.8 Å². The van der Waals surface area contributed by atoms with Gasteiger partial charge in [-0.15, -0.1) is 0 Å². The van der Waals surface area contributed by atoms with Gasteiger partial charge < -0.3 is 9.88 Å². The first kappa shape index (κ1) is 13.8. The van der Waals surface area contributed by atoms with Gasteiger partial charge in [-0.1, -0.05) is 18.2 Å². The Labute approximate surface area is 115 Å². The van der Waals surface area contributed by atoms with Gasteiger partial charge in [0.15, 0.2) is 0 Å². The summed E-state index contributed by atoms with van der Waals surface area (Å²) in [5, 5.41) is 3.42. The van der Waals surface area contributed by atoms with E-state index in [4.69, 9.17) is 0 Å². The smallest absolute Gasteiger partial charge is 0.110 e. The SMILES string of the molecule is CCn1ccnc1CC(NC)c1cccc(C)c1C. The van der Waals surface area contributed by atoms with Crippen LogP contribution in [0.15, 0.2) is 30.6 Å². The third kappa shape index (κ3) is 2.87. The van der Waals surface area contributed by atoms with Crippen molar-refractivity contribution in [1.82, 2.24) is 14.9 Å². The highest BCUT2D eigenvalue weighted by atomic mass is 15.1. The number of likely N-dealkylation sites (N-methyl/N-ethyl adjacent to an activating group) is 1. The third-order valence-electron chi connectivity index (χ3n) is 3.90. The van der Waals surface area contributed by atoms with Gasteiger partial charge in [0.05, 0.1) is 0 Å². The van der Waals surface area contributed by atoms with Gasteiger partial charge in [0, 0.05) is 31.4 Å². The Hall–Kier alpha value is -1.61. The largest absolute Gasteiger partial charge is 0.335 e. The first-order chi connectivity index (χ1) is 9.17. The normalized spacial score (nSPS) is 12.6. The molecule has 1 aromatic heterocycles. The van der Waals surface area contributed by atoms with E-state index in [1.807, 2.05) is 19.4 Å². The fourth-order valence-corrected chi connectivity index (χ4v) is 2.52. The minimum absolute atomic E-state index is 0.313. The Morgan fingerprint density at radius 2 is 2.11 bits per heavy atom. The summed E-state index contributed by atoms with van der Waals surface area (Å²) in [5.41, 5.74) is 4.08. The van der Waals surface area contributed by atoms with Gasteiger partial charge in [-0.25, -0.2) is 4.98 Å². The first-order valence-corrected chi connectivity index (χ1v) is 6.90. The van der Waals surface area contributed by atoms with Crippen molar-refractivity contribution < 1.29 is 0 Å². The van der Waals surface area contributed by atoms with Crippen molar-refractivity contribution in [3.05, 3.63) is 53.1 Å². The summed E-state index contributed by atoms with van der Waals surface area (Å²) < 4.78 is 2.20. The average Bonchev–Trinajstić information content (AvgIpc) is 2.87. The second kappa shape index (κ2) is 6.02. The molecule has 0 saturated carbocycles. The molecule has 102 valence electrons. The Kier molecular flexibility index (Phi) is 4.38. The van der Waals surface area contributed by atoms with Crippen LogP contribution in [0.3, 0.4) is 0 Å². The van der Waals surface area contributed by atoms with Gasteiger partial charge >= 0.3 is 0 Å². The van der Waals surface area contributed by atoms with Crippen molar-refractivity contribution >= 4 is 0 Å². The van der Waals surface area contributed by atoms with Crippen LogP contribution in [0.2, 0.25) is 0 Å². The van der Waals surface area contributed by atoms with Crippen molar-refractivity contribution in [1.29, 1.82) is 0 Å². The number of hydrogen-bond donors (Lipinski definition) is 1. The number of benzene rings is 1. The minimum Gasteiger partial charge on any atom is -0.335 e. The Morgan fingerprint density at radius 1 is 1.32 bits per heavy atom. The van der Waals surface area contributed by atoms with Gasteiger partial charge in [0.25, 0.3) is 0 Å². The Balaban J connectivity index is 2.28. The molecule has 1 unspecified atom stereocenters. The summed E-state index contributed by atoms with van der Waals surface area (Å²) in [7, 11) is 2.02. The molecule has 19 heavy (non-hydrogen) atoms. The molecule has 1 heterocycles. The van der Waals surface area contributed by atoms with Crippen LogP contribution in [0.25, 0.3) is 0 Å². The molecule has 2 aromatic rings. The molecule has 0 amide bonds. The van der Waals surface area contributed by atoms with Crippen LogP contribution in [0.4, 0.5) is 0 Å². The summed E-state index contributed by atoms with van der Waals surface area (Å²) in [6.45, 7) is 7.48. The van der Waals surface area contributed by atoms with Crippen LogP contribution in [-0.4, -0.2) is 16.6 Å². The number of aryl methyl sites for hydroxylation is 2. The van der Waals surface area contributed by atoms with Gasteiger partial charge in [-0.3, -0.25) is 0 Å². The molecular formula is C16H23N3.